The third-order valence-electron chi connectivity index (χ3n) is 12.4. The minimum absolute atomic E-state index is 0.599. The molecule has 10 aromatic carbocycles. The summed E-state index contributed by atoms with van der Waals surface area (Å²) in [7, 11) is 0. The topological polar surface area (TPSA) is 42.4 Å². The van der Waals surface area contributed by atoms with E-state index in [1.54, 1.807) is 0 Å². The molecule has 306 valence electrons. The lowest BCUT2D eigenvalue weighted by atomic mass is 9.99. The van der Waals surface area contributed by atoms with E-state index in [0.717, 1.165) is 83.5 Å². The molecule has 0 saturated heterocycles. The molecule has 12 rings (SSSR count). The smallest absolute Gasteiger partial charge is 0.227 e. The van der Waals surface area contributed by atoms with Crippen LogP contribution in [-0.4, -0.2) is 4.98 Å². The highest BCUT2D eigenvalue weighted by molar-refractivity contribution is 6.17. The van der Waals surface area contributed by atoms with Crippen LogP contribution in [0.5, 0.6) is 0 Å². The van der Waals surface area contributed by atoms with Gasteiger partial charge in [-0.3, -0.25) is 0 Å². The van der Waals surface area contributed by atoms with Crippen LogP contribution in [0.15, 0.2) is 251 Å². The van der Waals surface area contributed by atoms with E-state index in [1.807, 2.05) is 42.5 Å². The average molecular weight is 833 g/mol. The Balaban J connectivity index is 0.887. The van der Waals surface area contributed by atoms with Crippen molar-refractivity contribution in [3.05, 3.63) is 243 Å². The lowest BCUT2D eigenvalue weighted by Crippen LogP contribution is -2.10. The molecule has 4 nitrogen and oxygen atoms in total. The molecule has 0 fully saturated rings. The van der Waals surface area contributed by atoms with Crippen molar-refractivity contribution >= 4 is 50.1 Å². The van der Waals surface area contributed by atoms with Crippen molar-refractivity contribution in [2.24, 2.45) is 0 Å². The molecule has 0 bridgehead atoms. The number of nitrogens with zero attached hydrogens (tertiary/aromatic N) is 2. The fraction of sp³-hybridized carbons (Fsp3) is 0. The van der Waals surface area contributed by atoms with Gasteiger partial charge in [-0.05, 0) is 128 Å². The fourth-order valence-electron chi connectivity index (χ4n) is 8.99. The van der Waals surface area contributed by atoms with E-state index in [9.17, 15) is 0 Å². The Kier molecular flexibility index (Phi) is 9.46. The molecule has 0 spiro atoms. The Labute approximate surface area is 377 Å². The Morgan fingerprint density at radius 3 is 1.23 bits per heavy atom. The van der Waals surface area contributed by atoms with E-state index in [2.05, 4.69) is 205 Å². The van der Waals surface area contributed by atoms with Crippen molar-refractivity contribution in [1.82, 2.24) is 4.98 Å². The standard InChI is InChI=1S/C61H40N2O2/c1-4-11-41(12-5-1)43-19-21-45(22-20-43)46-27-32-52(33-28-46)63(54-18-10-17-50(39-54)47-25-23-44(24-26-47)42-13-6-2-7-14-42)53-34-29-48(30-35-53)51-31-36-55-58(40-51)64-56-37-38-57-60(59(55)56)62-61(65-57)49-15-8-3-9-16-49/h1-40H. The van der Waals surface area contributed by atoms with Gasteiger partial charge in [0.25, 0.3) is 0 Å². The first-order valence-corrected chi connectivity index (χ1v) is 21.9. The first-order valence-electron chi connectivity index (χ1n) is 21.9. The van der Waals surface area contributed by atoms with Gasteiger partial charge in [0.05, 0.1) is 5.39 Å². The van der Waals surface area contributed by atoms with Crippen molar-refractivity contribution in [3.63, 3.8) is 0 Å². The highest BCUT2D eigenvalue weighted by Gasteiger charge is 2.18. The van der Waals surface area contributed by atoms with E-state index in [0.29, 0.717) is 5.89 Å². The van der Waals surface area contributed by atoms with Gasteiger partial charge in [0.1, 0.15) is 16.7 Å². The first kappa shape index (κ1) is 38.0. The van der Waals surface area contributed by atoms with Gasteiger partial charge >= 0.3 is 0 Å². The summed E-state index contributed by atoms with van der Waals surface area (Å²) in [4.78, 5) is 7.27. The van der Waals surface area contributed by atoms with Crippen LogP contribution in [0.4, 0.5) is 17.1 Å². The lowest BCUT2D eigenvalue weighted by molar-refractivity contribution is 0.619. The number of aromatic nitrogens is 1. The van der Waals surface area contributed by atoms with Gasteiger partial charge in [0.2, 0.25) is 5.89 Å². The van der Waals surface area contributed by atoms with E-state index < -0.39 is 0 Å². The van der Waals surface area contributed by atoms with Crippen LogP contribution in [-0.2, 0) is 0 Å². The molecule has 0 radical (unpaired) electrons. The van der Waals surface area contributed by atoms with Gasteiger partial charge in [0.15, 0.2) is 5.58 Å². The fourth-order valence-corrected chi connectivity index (χ4v) is 8.99. The first-order chi connectivity index (χ1) is 32.2. The molecule has 0 unspecified atom stereocenters. The summed E-state index contributed by atoms with van der Waals surface area (Å²) in [6.07, 6.45) is 0. The second-order valence-electron chi connectivity index (χ2n) is 16.3. The van der Waals surface area contributed by atoms with Crippen molar-refractivity contribution in [1.29, 1.82) is 0 Å². The zero-order chi connectivity index (χ0) is 43.1. The van der Waals surface area contributed by atoms with Crippen LogP contribution in [0, 0.1) is 0 Å². The number of furan rings is 1. The summed E-state index contributed by atoms with van der Waals surface area (Å²) >= 11 is 0. The van der Waals surface area contributed by atoms with Crippen molar-refractivity contribution in [2.75, 3.05) is 4.90 Å². The number of rotatable bonds is 9. The summed E-state index contributed by atoms with van der Waals surface area (Å²) in [6.45, 7) is 0. The maximum atomic E-state index is 6.47. The van der Waals surface area contributed by atoms with Gasteiger partial charge in [0, 0.05) is 28.0 Å². The normalized spacial score (nSPS) is 11.4. The Morgan fingerprint density at radius 2 is 0.692 bits per heavy atom. The summed E-state index contributed by atoms with van der Waals surface area (Å²) in [6, 6.07) is 85.6. The summed E-state index contributed by atoms with van der Waals surface area (Å²) < 4.78 is 12.7. The summed E-state index contributed by atoms with van der Waals surface area (Å²) in [5, 5.41) is 1.97. The third-order valence-corrected chi connectivity index (χ3v) is 12.4. The summed E-state index contributed by atoms with van der Waals surface area (Å²) in [5.41, 5.74) is 18.9. The van der Waals surface area contributed by atoms with E-state index in [4.69, 9.17) is 13.8 Å². The molecule has 4 heteroatoms. The monoisotopic (exact) mass is 832 g/mol. The molecular formula is C61H40N2O2. The van der Waals surface area contributed by atoms with Crippen LogP contribution < -0.4 is 4.90 Å². The SMILES string of the molecule is c1ccc(-c2ccc(-c3ccc(N(c4ccc(-c5ccc6c(c5)oc5ccc7oc(-c8ccccc8)nc7c56)cc4)c4cccc(-c5ccc(-c6ccccc6)cc5)c4)cc3)cc2)cc1. The van der Waals surface area contributed by atoms with E-state index in [-0.39, 0.29) is 0 Å². The number of hydrogen-bond acceptors (Lipinski definition) is 4. The van der Waals surface area contributed by atoms with Crippen LogP contribution >= 0.6 is 0 Å². The van der Waals surface area contributed by atoms with Crippen molar-refractivity contribution < 1.29 is 8.83 Å². The molecule has 0 amide bonds. The minimum atomic E-state index is 0.599. The predicted octanol–water partition coefficient (Wildman–Crippen LogP) is 17.2. The van der Waals surface area contributed by atoms with E-state index >= 15 is 0 Å². The molecule has 0 aliphatic heterocycles. The second-order valence-corrected chi connectivity index (χ2v) is 16.3. The predicted molar refractivity (Wildman–Crippen MR) is 269 cm³/mol. The quantitative estimate of drug-likeness (QED) is 0.145. The van der Waals surface area contributed by atoms with Crippen LogP contribution in [0.2, 0.25) is 0 Å². The summed E-state index contributed by atoms with van der Waals surface area (Å²) in [5.74, 6) is 0.599. The minimum Gasteiger partial charge on any atom is -0.456 e. The maximum absolute atomic E-state index is 6.47. The third kappa shape index (κ3) is 7.23. The molecule has 0 N–H and O–H groups in total. The Bertz CT molecular complexity index is 3600. The molecule has 2 aromatic heterocycles. The Hall–Kier alpha value is -8.73. The van der Waals surface area contributed by atoms with Gasteiger partial charge in [-0.15, -0.1) is 0 Å². The molecule has 0 atom stereocenters. The lowest BCUT2D eigenvalue weighted by Gasteiger charge is -2.26. The molecule has 0 aliphatic carbocycles. The zero-order valence-corrected chi connectivity index (χ0v) is 35.3. The van der Waals surface area contributed by atoms with Crippen LogP contribution in [0.1, 0.15) is 0 Å². The van der Waals surface area contributed by atoms with Gasteiger partial charge in [-0.1, -0.05) is 170 Å². The molecule has 0 saturated carbocycles. The second kappa shape index (κ2) is 16.2. The molecular weight excluding hydrogens is 793 g/mol. The number of fused-ring (bicyclic) bond motifs is 5. The molecule has 0 aliphatic rings. The Morgan fingerprint density at radius 1 is 0.277 bits per heavy atom. The van der Waals surface area contributed by atoms with Crippen LogP contribution in [0.3, 0.4) is 0 Å². The number of hydrogen-bond donors (Lipinski definition) is 0. The number of anilines is 3. The number of oxazole rings is 1. The highest BCUT2D eigenvalue weighted by atomic mass is 16.4. The average Bonchev–Trinajstić information content (AvgIpc) is 4.00. The molecule has 2 heterocycles. The van der Waals surface area contributed by atoms with E-state index in [1.165, 1.54) is 27.8 Å². The van der Waals surface area contributed by atoms with Crippen LogP contribution in [0.25, 0.3) is 100 Å². The van der Waals surface area contributed by atoms with Crippen molar-refractivity contribution in [2.45, 2.75) is 0 Å². The largest absolute Gasteiger partial charge is 0.456 e. The van der Waals surface area contributed by atoms with Gasteiger partial charge in [-0.2, -0.15) is 0 Å². The van der Waals surface area contributed by atoms with Gasteiger partial charge in [-0.25, -0.2) is 4.98 Å². The highest BCUT2D eigenvalue weighted by Crippen LogP contribution is 2.41. The molecule has 12 aromatic rings. The zero-order valence-electron chi connectivity index (χ0n) is 35.3. The number of benzene rings is 10. The molecule has 65 heavy (non-hydrogen) atoms. The van der Waals surface area contributed by atoms with Gasteiger partial charge < -0.3 is 13.7 Å². The maximum Gasteiger partial charge on any atom is 0.227 e. The van der Waals surface area contributed by atoms with Crippen molar-refractivity contribution in [3.8, 4) is 67.1 Å².